The lowest BCUT2D eigenvalue weighted by molar-refractivity contribution is -0.117. The van der Waals surface area contributed by atoms with Crippen molar-refractivity contribution in [1.82, 2.24) is 26.4 Å². The maximum absolute atomic E-state index is 12.1. The van der Waals surface area contributed by atoms with E-state index in [-0.39, 0.29) is 17.5 Å². The third-order valence-electron chi connectivity index (χ3n) is 2.46. The Morgan fingerprint density at radius 3 is 2.76 bits per heavy atom. The van der Waals surface area contributed by atoms with Crippen LogP contribution in [0.5, 0.6) is 0 Å². The summed E-state index contributed by atoms with van der Waals surface area (Å²) in [5, 5.41) is 5.20. The molecule has 0 bridgehead atoms. The van der Waals surface area contributed by atoms with E-state index in [0.29, 0.717) is 5.69 Å². The lowest BCUT2D eigenvalue weighted by Crippen LogP contribution is -2.40. The van der Waals surface area contributed by atoms with Crippen LogP contribution in [0.25, 0.3) is 0 Å². The predicted octanol–water partition coefficient (Wildman–Crippen LogP) is 0.676. The van der Waals surface area contributed by atoms with E-state index in [1.54, 1.807) is 24.5 Å². The third kappa shape index (κ3) is 4.01. The van der Waals surface area contributed by atoms with E-state index in [9.17, 15) is 9.59 Å². The van der Waals surface area contributed by atoms with Crippen LogP contribution in [0, 0.1) is 0 Å². The summed E-state index contributed by atoms with van der Waals surface area (Å²) in [5.74, 6) is -0.281. The van der Waals surface area contributed by atoms with Gasteiger partial charge in [0.2, 0.25) is 5.91 Å². The van der Waals surface area contributed by atoms with Gasteiger partial charge in [-0.1, -0.05) is 0 Å². The summed E-state index contributed by atoms with van der Waals surface area (Å²) < 4.78 is 0. The minimum absolute atomic E-state index is 0.281. The van der Waals surface area contributed by atoms with Crippen molar-refractivity contribution in [2.75, 3.05) is 5.01 Å². The predicted molar refractivity (Wildman–Crippen MR) is 77.3 cm³/mol. The van der Waals surface area contributed by atoms with Gasteiger partial charge >= 0.3 is 6.03 Å². The third-order valence-corrected chi connectivity index (χ3v) is 2.46. The van der Waals surface area contributed by atoms with Crippen LogP contribution < -0.4 is 21.4 Å². The molecule has 0 aromatic carbocycles. The SMILES string of the molecule is CC(C)(C)NC(=O)/C=C/N1NNN(c2cccnc2)C1=O. The average molecular weight is 290 g/mol. The lowest BCUT2D eigenvalue weighted by atomic mass is 10.1. The molecule has 1 saturated heterocycles. The standard InChI is InChI=1S/C13H18N6O2/c1-13(2,3)15-11(20)6-8-18-12(21)19(17-16-18)10-5-4-7-14-9-10/h4-9,16-17H,1-3H3,(H,15,20)/b8-6+. The molecule has 1 aromatic rings. The quantitative estimate of drug-likeness (QED) is 0.712. The van der Waals surface area contributed by atoms with Gasteiger partial charge < -0.3 is 5.32 Å². The molecule has 21 heavy (non-hydrogen) atoms. The number of pyridine rings is 1. The molecule has 0 atom stereocenters. The van der Waals surface area contributed by atoms with Crippen LogP contribution in [0.3, 0.4) is 0 Å². The fraction of sp³-hybridized carbons (Fsp3) is 0.308. The minimum atomic E-state index is -0.372. The number of urea groups is 1. The van der Waals surface area contributed by atoms with Gasteiger partial charge in [-0.2, -0.15) is 0 Å². The Morgan fingerprint density at radius 1 is 1.38 bits per heavy atom. The molecule has 112 valence electrons. The van der Waals surface area contributed by atoms with Crippen LogP contribution in [-0.2, 0) is 4.79 Å². The Balaban J connectivity index is 1.98. The molecule has 3 N–H and O–H groups in total. The number of carbonyl (C=O) groups excluding carboxylic acids is 2. The van der Waals surface area contributed by atoms with Crippen molar-refractivity contribution in [2.24, 2.45) is 0 Å². The van der Waals surface area contributed by atoms with Gasteiger partial charge in [-0.25, -0.2) is 14.8 Å². The monoisotopic (exact) mass is 290 g/mol. The topological polar surface area (TPSA) is 89.6 Å². The molecule has 1 aliphatic rings. The highest BCUT2D eigenvalue weighted by Gasteiger charge is 2.28. The van der Waals surface area contributed by atoms with Crippen molar-refractivity contribution < 1.29 is 9.59 Å². The normalized spacial score (nSPS) is 15.9. The van der Waals surface area contributed by atoms with Crippen molar-refractivity contribution >= 4 is 17.6 Å². The molecule has 1 aromatic heterocycles. The van der Waals surface area contributed by atoms with Gasteiger partial charge in [0.15, 0.2) is 0 Å². The van der Waals surface area contributed by atoms with Crippen LogP contribution in [0.4, 0.5) is 10.5 Å². The molecular formula is C13H18N6O2. The average Bonchev–Trinajstić information content (AvgIpc) is 2.77. The number of aromatic nitrogens is 1. The zero-order chi connectivity index (χ0) is 15.5. The highest BCUT2D eigenvalue weighted by molar-refractivity contribution is 5.94. The van der Waals surface area contributed by atoms with E-state index in [1.807, 2.05) is 20.8 Å². The molecule has 0 unspecified atom stereocenters. The number of anilines is 1. The largest absolute Gasteiger partial charge is 0.359 e. The summed E-state index contributed by atoms with van der Waals surface area (Å²) >= 11 is 0. The van der Waals surface area contributed by atoms with E-state index in [2.05, 4.69) is 21.4 Å². The van der Waals surface area contributed by atoms with Crippen LogP contribution in [0.2, 0.25) is 0 Å². The van der Waals surface area contributed by atoms with E-state index in [1.165, 1.54) is 17.3 Å². The second-order valence-electron chi connectivity index (χ2n) is 5.48. The second-order valence-corrected chi connectivity index (χ2v) is 5.48. The lowest BCUT2D eigenvalue weighted by Gasteiger charge is -2.19. The summed E-state index contributed by atoms with van der Waals surface area (Å²) in [6.45, 7) is 5.64. The highest BCUT2D eigenvalue weighted by Crippen LogP contribution is 2.13. The second kappa shape index (κ2) is 5.90. The van der Waals surface area contributed by atoms with E-state index in [4.69, 9.17) is 0 Å². The van der Waals surface area contributed by atoms with Gasteiger partial charge in [-0.15, -0.1) is 11.1 Å². The van der Waals surface area contributed by atoms with Gasteiger partial charge in [-0.3, -0.25) is 9.78 Å². The molecule has 3 amide bonds. The van der Waals surface area contributed by atoms with Gasteiger partial charge in [0.1, 0.15) is 0 Å². The molecule has 8 nitrogen and oxygen atoms in total. The van der Waals surface area contributed by atoms with Gasteiger partial charge in [0, 0.05) is 24.0 Å². The number of carbonyl (C=O) groups is 2. The Labute approximate surface area is 122 Å². The van der Waals surface area contributed by atoms with Crippen molar-refractivity contribution in [3.8, 4) is 0 Å². The first kappa shape index (κ1) is 14.9. The van der Waals surface area contributed by atoms with Crippen LogP contribution in [-0.4, -0.2) is 27.5 Å². The fourth-order valence-electron chi connectivity index (χ4n) is 1.62. The highest BCUT2D eigenvalue weighted by atomic mass is 16.2. The molecule has 8 heteroatoms. The van der Waals surface area contributed by atoms with Crippen molar-refractivity contribution in [2.45, 2.75) is 26.3 Å². The molecule has 0 saturated carbocycles. The zero-order valence-electron chi connectivity index (χ0n) is 12.1. The van der Waals surface area contributed by atoms with Crippen LogP contribution in [0.1, 0.15) is 20.8 Å². The first-order chi connectivity index (χ1) is 9.87. The first-order valence-corrected chi connectivity index (χ1v) is 6.42. The summed E-state index contributed by atoms with van der Waals surface area (Å²) in [7, 11) is 0. The first-order valence-electron chi connectivity index (χ1n) is 6.42. The zero-order valence-corrected chi connectivity index (χ0v) is 12.1. The molecule has 0 radical (unpaired) electrons. The Bertz CT molecular complexity index is 552. The summed E-state index contributed by atoms with van der Waals surface area (Å²) in [4.78, 5) is 27.7. The number of hydrazine groups is 3. The van der Waals surface area contributed by atoms with Gasteiger partial charge in [0.05, 0.1) is 11.9 Å². The summed E-state index contributed by atoms with van der Waals surface area (Å²) in [6, 6.07) is 3.08. The van der Waals surface area contributed by atoms with E-state index in [0.717, 1.165) is 5.01 Å². The maximum atomic E-state index is 12.1. The Morgan fingerprint density at radius 2 is 2.14 bits per heavy atom. The molecular weight excluding hydrogens is 272 g/mol. The molecule has 0 aliphatic carbocycles. The van der Waals surface area contributed by atoms with Crippen molar-refractivity contribution in [3.05, 3.63) is 36.8 Å². The van der Waals surface area contributed by atoms with Crippen molar-refractivity contribution in [1.29, 1.82) is 0 Å². The van der Waals surface area contributed by atoms with Crippen LogP contribution >= 0.6 is 0 Å². The number of amides is 3. The molecule has 1 aliphatic heterocycles. The van der Waals surface area contributed by atoms with Gasteiger partial charge in [-0.05, 0) is 32.9 Å². The Kier molecular flexibility index (Phi) is 4.20. The number of hydrogen-bond donors (Lipinski definition) is 3. The number of rotatable bonds is 3. The molecule has 0 spiro atoms. The number of nitrogens with one attached hydrogen (secondary N) is 3. The van der Waals surface area contributed by atoms with E-state index >= 15 is 0 Å². The number of hydrogen-bond acceptors (Lipinski definition) is 5. The molecule has 2 heterocycles. The molecule has 1 fully saturated rings. The smallest absolute Gasteiger partial charge is 0.348 e. The molecule has 2 rings (SSSR count). The fourth-order valence-corrected chi connectivity index (χ4v) is 1.62. The number of nitrogens with zero attached hydrogens (tertiary/aromatic N) is 3. The van der Waals surface area contributed by atoms with E-state index < -0.39 is 0 Å². The summed E-state index contributed by atoms with van der Waals surface area (Å²) in [5.41, 5.74) is 5.58. The van der Waals surface area contributed by atoms with Crippen LogP contribution in [0.15, 0.2) is 36.8 Å². The maximum Gasteiger partial charge on any atom is 0.359 e. The van der Waals surface area contributed by atoms with Crippen molar-refractivity contribution in [3.63, 3.8) is 0 Å². The minimum Gasteiger partial charge on any atom is -0.348 e. The Hall–Kier alpha value is -2.45. The van der Waals surface area contributed by atoms with Gasteiger partial charge in [0.25, 0.3) is 0 Å². The summed E-state index contributed by atoms with van der Waals surface area (Å²) in [6.07, 6.45) is 5.80.